The quantitative estimate of drug-likeness (QED) is 0.840. The van der Waals surface area contributed by atoms with Gasteiger partial charge in [0.05, 0.1) is 5.69 Å². The molecule has 0 unspecified atom stereocenters. The average Bonchev–Trinajstić information content (AvgIpc) is 2.54. The molecule has 1 heterocycles. The van der Waals surface area contributed by atoms with Crippen molar-refractivity contribution in [3.05, 3.63) is 33.8 Å². The molecule has 0 radical (unpaired) electrons. The van der Waals surface area contributed by atoms with Gasteiger partial charge in [0.15, 0.2) is 5.82 Å². The molecule has 2 aromatic rings. The smallest absolute Gasteiger partial charge is 0.166 e. The molecule has 0 amide bonds. The largest absolute Gasteiger partial charge is 0.382 e. The summed E-state index contributed by atoms with van der Waals surface area (Å²) in [5, 5.41) is 13.0. The number of nitrogen functional groups attached to an aromatic ring is 2. The zero-order valence-corrected chi connectivity index (χ0v) is 10.7. The number of nitriles is 1. The molecule has 0 aliphatic rings. The van der Waals surface area contributed by atoms with Gasteiger partial charge >= 0.3 is 0 Å². The fourth-order valence-corrected chi connectivity index (χ4v) is 2.08. The molecule has 6 heteroatoms. The van der Waals surface area contributed by atoms with Gasteiger partial charge in [0.2, 0.25) is 0 Å². The maximum absolute atomic E-state index is 8.90. The summed E-state index contributed by atoms with van der Waals surface area (Å²) in [4.78, 5) is 0. The SMILES string of the molecule is Cc1cc(Br)ccc1-n1nc(N)c(C#N)c1N. The molecular weight excluding hydrogens is 282 g/mol. The molecule has 0 spiro atoms. The van der Waals surface area contributed by atoms with Crippen LogP contribution in [0.1, 0.15) is 11.1 Å². The molecule has 0 aliphatic carbocycles. The van der Waals surface area contributed by atoms with Crippen molar-refractivity contribution in [3.63, 3.8) is 0 Å². The van der Waals surface area contributed by atoms with E-state index in [1.165, 1.54) is 4.68 Å². The Morgan fingerprint density at radius 2 is 2.12 bits per heavy atom. The van der Waals surface area contributed by atoms with E-state index in [4.69, 9.17) is 16.7 Å². The summed E-state index contributed by atoms with van der Waals surface area (Å²) in [6.45, 7) is 1.93. The third kappa shape index (κ3) is 1.85. The van der Waals surface area contributed by atoms with Crippen molar-refractivity contribution < 1.29 is 0 Å². The molecule has 1 aromatic carbocycles. The van der Waals surface area contributed by atoms with E-state index in [0.717, 1.165) is 15.7 Å². The van der Waals surface area contributed by atoms with Crippen LogP contribution < -0.4 is 11.5 Å². The standard InChI is InChI=1S/C11H10BrN5/c1-6-4-7(12)2-3-9(6)17-11(15)8(5-13)10(14)16-17/h2-4H,15H2,1H3,(H2,14,16). The zero-order chi connectivity index (χ0) is 12.6. The van der Waals surface area contributed by atoms with Crippen LogP contribution in [0, 0.1) is 18.3 Å². The summed E-state index contributed by atoms with van der Waals surface area (Å²) >= 11 is 3.38. The monoisotopic (exact) mass is 291 g/mol. The molecule has 1 aromatic heterocycles. The molecule has 0 fully saturated rings. The summed E-state index contributed by atoms with van der Waals surface area (Å²) < 4.78 is 2.45. The summed E-state index contributed by atoms with van der Waals surface area (Å²) in [6, 6.07) is 7.63. The first-order valence-corrected chi connectivity index (χ1v) is 5.64. The lowest BCUT2D eigenvalue weighted by atomic mass is 10.2. The number of aryl methyl sites for hydroxylation is 1. The third-order valence-electron chi connectivity index (χ3n) is 2.45. The van der Waals surface area contributed by atoms with Gasteiger partial charge in [-0.3, -0.25) is 0 Å². The van der Waals surface area contributed by atoms with Gasteiger partial charge in [0, 0.05) is 4.47 Å². The van der Waals surface area contributed by atoms with Gasteiger partial charge in [-0.05, 0) is 30.7 Å². The van der Waals surface area contributed by atoms with Crippen LogP contribution in [0.3, 0.4) is 0 Å². The Balaban J connectivity index is 2.66. The van der Waals surface area contributed by atoms with Crippen molar-refractivity contribution in [2.75, 3.05) is 11.5 Å². The number of nitrogens with two attached hydrogens (primary N) is 2. The Hall–Kier alpha value is -2.00. The maximum atomic E-state index is 8.90. The molecule has 0 saturated heterocycles. The number of rotatable bonds is 1. The molecule has 0 saturated carbocycles. The minimum Gasteiger partial charge on any atom is -0.382 e. The van der Waals surface area contributed by atoms with Crippen molar-refractivity contribution in [2.45, 2.75) is 6.92 Å². The first-order valence-electron chi connectivity index (χ1n) is 4.85. The summed E-state index contributed by atoms with van der Waals surface area (Å²) in [7, 11) is 0. The van der Waals surface area contributed by atoms with Crippen LogP contribution in [0.4, 0.5) is 11.6 Å². The second-order valence-electron chi connectivity index (χ2n) is 3.60. The fourth-order valence-electron chi connectivity index (χ4n) is 1.60. The Labute approximate surface area is 107 Å². The minimum atomic E-state index is 0.146. The highest BCUT2D eigenvalue weighted by molar-refractivity contribution is 9.10. The summed E-state index contributed by atoms with van der Waals surface area (Å²) in [6.07, 6.45) is 0. The first-order chi connectivity index (χ1) is 8.04. The molecule has 0 aliphatic heterocycles. The highest BCUT2D eigenvalue weighted by atomic mass is 79.9. The number of benzene rings is 1. The van der Waals surface area contributed by atoms with E-state index in [2.05, 4.69) is 21.0 Å². The van der Waals surface area contributed by atoms with Crippen molar-refractivity contribution in [1.82, 2.24) is 9.78 Å². The lowest BCUT2D eigenvalue weighted by Crippen LogP contribution is -2.04. The molecule has 17 heavy (non-hydrogen) atoms. The summed E-state index contributed by atoms with van der Waals surface area (Å²) in [5.74, 6) is 0.405. The number of aromatic nitrogens is 2. The molecule has 0 atom stereocenters. The third-order valence-corrected chi connectivity index (χ3v) is 2.94. The number of hydrogen-bond acceptors (Lipinski definition) is 4. The van der Waals surface area contributed by atoms with Crippen LogP contribution in [0.2, 0.25) is 0 Å². The number of hydrogen-bond donors (Lipinski definition) is 2. The van der Waals surface area contributed by atoms with Gasteiger partial charge in [0.25, 0.3) is 0 Å². The van der Waals surface area contributed by atoms with Crippen LogP contribution in [0.5, 0.6) is 0 Å². The highest BCUT2D eigenvalue weighted by Gasteiger charge is 2.15. The lowest BCUT2D eigenvalue weighted by Gasteiger charge is -2.07. The van der Waals surface area contributed by atoms with Crippen LogP contribution in [0.25, 0.3) is 5.69 Å². The Morgan fingerprint density at radius 3 is 2.65 bits per heavy atom. The van der Waals surface area contributed by atoms with Crippen molar-refractivity contribution in [3.8, 4) is 11.8 Å². The molecule has 0 bridgehead atoms. The van der Waals surface area contributed by atoms with Crippen LogP contribution in [-0.4, -0.2) is 9.78 Å². The Kier molecular flexibility index (Phi) is 2.77. The molecule has 2 rings (SSSR count). The lowest BCUT2D eigenvalue weighted by molar-refractivity contribution is 0.888. The molecular formula is C11H10BrN5. The zero-order valence-electron chi connectivity index (χ0n) is 9.11. The van der Waals surface area contributed by atoms with E-state index >= 15 is 0 Å². The number of anilines is 2. The van der Waals surface area contributed by atoms with Gasteiger partial charge in [-0.1, -0.05) is 15.9 Å². The second-order valence-corrected chi connectivity index (χ2v) is 4.52. The van der Waals surface area contributed by atoms with Crippen molar-refractivity contribution in [2.24, 2.45) is 0 Å². The van der Waals surface area contributed by atoms with E-state index in [-0.39, 0.29) is 17.2 Å². The Bertz CT molecular complexity index is 624. The normalized spacial score (nSPS) is 10.2. The van der Waals surface area contributed by atoms with Gasteiger partial charge in [-0.15, -0.1) is 5.10 Å². The van der Waals surface area contributed by atoms with Crippen LogP contribution >= 0.6 is 15.9 Å². The van der Waals surface area contributed by atoms with E-state index < -0.39 is 0 Å². The van der Waals surface area contributed by atoms with E-state index in [9.17, 15) is 0 Å². The van der Waals surface area contributed by atoms with Gasteiger partial charge in [-0.2, -0.15) is 5.26 Å². The van der Waals surface area contributed by atoms with Gasteiger partial charge in [0.1, 0.15) is 17.5 Å². The van der Waals surface area contributed by atoms with Crippen molar-refractivity contribution >= 4 is 27.6 Å². The minimum absolute atomic E-state index is 0.146. The van der Waals surface area contributed by atoms with Gasteiger partial charge < -0.3 is 11.5 Å². The molecule has 5 nitrogen and oxygen atoms in total. The number of nitrogens with zero attached hydrogens (tertiary/aromatic N) is 3. The van der Waals surface area contributed by atoms with E-state index in [1.54, 1.807) is 0 Å². The van der Waals surface area contributed by atoms with Gasteiger partial charge in [-0.25, -0.2) is 4.68 Å². The number of halogens is 1. The maximum Gasteiger partial charge on any atom is 0.166 e. The summed E-state index contributed by atoms with van der Waals surface area (Å²) in [5.41, 5.74) is 13.5. The van der Waals surface area contributed by atoms with E-state index in [0.29, 0.717) is 0 Å². The predicted molar refractivity (Wildman–Crippen MR) is 69.5 cm³/mol. The fraction of sp³-hybridized carbons (Fsp3) is 0.0909. The molecule has 86 valence electrons. The Morgan fingerprint density at radius 1 is 1.41 bits per heavy atom. The van der Waals surface area contributed by atoms with Crippen LogP contribution in [-0.2, 0) is 0 Å². The average molecular weight is 292 g/mol. The molecule has 4 N–H and O–H groups in total. The van der Waals surface area contributed by atoms with E-state index in [1.807, 2.05) is 31.2 Å². The van der Waals surface area contributed by atoms with Crippen molar-refractivity contribution in [1.29, 1.82) is 5.26 Å². The topological polar surface area (TPSA) is 93.6 Å². The highest BCUT2D eigenvalue weighted by Crippen LogP contribution is 2.25. The second kappa shape index (κ2) is 4.11. The van der Waals surface area contributed by atoms with Crippen LogP contribution in [0.15, 0.2) is 22.7 Å². The predicted octanol–water partition coefficient (Wildman–Crippen LogP) is 1.98. The first kappa shape index (κ1) is 11.5.